The van der Waals surface area contributed by atoms with Crippen LogP contribution in [0.25, 0.3) is 0 Å². The van der Waals surface area contributed by atoms with Gasteiger partial charge in [-0.25, -0.2) is 0 Å². The number of rotatable bonds is 16. The standard InChI is InChI=1S/C10H20B2N2O4.C10H16BNO2.C7H12BNO3/c1-12(18)13-4-2-3-8-5-9(10(15)16)14(6-8)7-11-17;1-3-4-9-5-10(8(2)13)12(6-9)7-11-14;1-5(10)7-2-6(11)3-9(7)4-8-12/h8-9,13,18H,2-7H2,1H3,(H,15,16);3,9-10H,1,4-7H2,2H3;6-7,11H,2-4H2,1H3/t8?,9-;9?,10-;6?,7-/m000/s1. The number of carbonyl (C=O) groups excluding carboxylic acids is 2. The molecule has 0 aromatic heterocycles. The van der Waals surface area contributed by atoms with Gasteiger partial charge in [0.05, 0.1) is 0 Å². The third-order valence-electron chi connectivity index (χ3n) is 8.24. The number of hydrogen-bond donors (Lipinski definition) is 4. The number of hydrogen-bond acceptors (Lipinski definition) is 12. The van der Waals surface area contributed by atoms with Crippen LogP contribution in [0.5, 0.6) is 0 Å². The number of carboxylic acids is 1. The predicted octanol–water partition coefficient (Wildman–Crippen LogP) is -0.884. The summed E-state index contributed by atoms with van der Waals surface area (Å²) in [5.41, 5.74) is 0. The third-order valence-corrected chi connectivity index (χ3v) is 8.24. The van der Waals surface area contributed by atoms with Crippen LogP contribution in [-0.2, 0) is 28.5 Å². The van der Waals surface area contributed by atoms with Gasteiger partial charge in [-0.15, -0.1) is 0 Å². The fourth-order valence-corrected chi connectivity index (χ4v) is 6.19. The zero-order valence-electron chi connectivity index (χ0n) is 26.4. The quantitative estimate of drug-likeness (QED) is 0.0954. The summed E-state index contributed by atoms with van der Waals surface area (Å²) < 4.78 is 31.1. The summed E-state index contributed by atoms with van der Waals surface area (Å²) in [4.78, 5) is 38.7. The first-order chi connectivity index (χ1) is 20.9. The molecular weight excluding hydrogens is 568 g/mol. The molecule has 3 aliphatic heterocycles. The van der Waals surface area contributed by atoms with Crippen LogP contribution < -0.4 is 5.23 Å². The Hall–Kier alpha value is -2.03. The number of nitrogens with one attached hydrogen (secondary N) is 1. The van der Waals surface area contributed by atoms with Crippen LogP contribution in [-0.4, -0.2) is 146 Å². The summed E-state index contributed by atoms with van der Waals surface area (Å²) in [7, 11) is 1.87. The Kier molecular flexibility index (Phi) is 19.7. The molecule has 3 fully saturated rings. The topological polar surface area (TPSA) is 185 Å². The minimum atomic E-state index is -0.846. The molecule has 0 amide bonds. The van der Waals surface area contributed by atoms with Gasteiger partial charge in [0.15, 0.2) is 0 Å². The van der Waals surface area contributed by atoms with Gasteiger partial charge in [0.1, 0.15) is 0 Å². The first-order valence-corrected chi connectivity index (χ1v) is 15.3. The Bertz CT molecular complexity index is 964. The van der Waals surface area contributed by atoms with E-state index in [1.165, 1.54) is 6.92 Å². The summed E-state index contributed by atoms with van der Waals surface area (Å²) in [5.74, 6) is 0.150. The summed E-state index contributed by atoms with van der Waals surface area (Å²) >= 11 is 0. The maximum atomic E-state index is 11.3. The Labute approximate surface area is 263 Å². The fourth-order valence-electron chi connectivity index (χ4n) is 6.19. The molecule has 44 heavy (non-hydrogen) atoms. The molecule has 3 saturated heterocycles. The van der Waals surface area contributed by atoms with Crippen LogP contribution in [0, 0.1) is 11.8 Å². The molecule has 17 heteroatoms. The van der Waals surface area contributed by atoms with Crippen LogP contribution >= 0.6 is 0 Å². The molecule has 4 N–H and O–H groups in total. The summed E-state index contributed by atoms with van der Waals surface area (Å²) in [6, 6.07) is -0.833. The second kappa shape index (κ2) is 21.7. The van der Waals surface area contributed by atoms with Gasteiger partial charge in [0.25, 0.3) is 0 Å². The molecule has 0 radical (unpaired) electrons. The molecule has 0 spiro atoms. The predicted molar refractivity (Wildman–Crippen MR) is 167 cm³/mol. The van der Waals surface area contributed by atoms with Gasteiger partial charge in [0, 0.05) is 0 Å². The van der Waals surface area contributed by atoms with Crippen molar-refractivity contribution in [3.05, 3.63) is 12.7 Å². The molecule has 3 unspecified atom stereocenters. The van der Waals surface area contributed by atoms with E-state index in [0.29, 0.717) is 44.2 Å². The summed E-state index contributed by atoms with van der Waals surface area (Å²) in [5, 5.41) is 30.2. The molecule has 13 nitrogen and oxygen atoms in total. The van der Waals surface area contributed by atoms with E-state index < -0.39 is 25.2 Å². The fraction of sp³-hybridized carbons (Fsp3) is 0.815. The number of likely N-dealkylation sites (tertiary alicyclic amines) is 3. The van der Waals surface area contributed by atoms with Crippen LogP contribution in [0.4, 0.5) is 0 Å². The van der Waals surface area contributed by atoms with E-state index in [1.54, 1.807) is 23.5 Å². The van der Waals surface area contributed by atoms with Gasteiger partial charge >= 0.3 is 263 Å². The van der Waals surface area contributed by atoms with Crippen LogP contribution in [0.2, 0.25) is 6.82 Å². The van der Waals surface area contributed by atoms with Crippen molar-refractivity contribution in [3.63, 3.8) is 0 Å². The van der Waals surface area contributed by atoms with Crippen LogP contribution in [0.15, 0.2) is 12.7 Å². The van der Waals surface area contributed by atoms with E-state index in [0.717, 1.165) is 60.2 Å². The molecule has 0 aromatic carbocycles. The average molecular weight is 616 g/mol. The number of Topliss-reactive ketones (excluding diaryl/α,β-unsaturated/α-hetero) is 2. The normalized spacial score (nSPS) is 26.7. The van der Waals surface area contributed by atoms with Crippen molar-refractivity contribution in [1.82, 2.24) is 19.9 Å². The molecule has 3 rings (SSSR count). The summed E-state index contributed by atoms with van der Waals surface area (Å²) in [6.45, 7) is 11.1. The van der Waals surface area contributed by atoms with Gasteiger partial charge in [-0.05, 0) is 0 Å². The number of allylic oxidation sites excluding steroid dienone is 1. The molecule has 3 heterocycles. The number of carbonyl (C=O) groups is 3. The van der Waals surface area contributed by atoms with Gasteiger partial charge in [-0.2, -0.15) is 0 Å². The third kappa shape index (κ3) is 14.4. The number of nitrogens with zero attached hydrogens (tertiary/aromatic N) is 3. The SMILES string of the molecule is C=CCC1C[C@@H](C(C)=O)N(CB=O)C1.CB(O)NCCCC1C[C@@H](C(=O)O)N(CB=O)C1.CC(=O)[C@@H]1CC(O)CN1CB=O. The van der Waals surface area contributed by atoms with Gasteiger partial charge < -0.3 is 0 Å². The molecule has 0 bridgehead atoms. The van der Waals surface area contributed by atoms with Crippen LogP contribution in [0.3, 0.4) is 0 Å². The molecule has 6 atom stereocenters. The van der Waals surface area contributed by atoms with Crippen molar-refractivity contribution in [1.29, 1.82) is 0 Å². The van der Waals surface area contributed by atoms with Gasteiger partial charge in [-0.1, -0.05) is 0 Å². The van der Waals surface area contributed by atoms with E-state index in [-0.39, 0.29) is 36.5 Å². The maximum absolute atomic E-state index is 11.3. The van der Waals surface area contributed by atoms with E-state index in [2.05, 4.69) is 11.8 Å². The Morgan fingerprint density at radius 1 is 0.864 bits per heavy atom. The second-order valence-electron chi connectivity index (χ2n) is 11.9. The average Bonchev–Trinajstić information content (AvgIpc) is 3.65. The van der Waals surface area contributed by atoms with Crippen molar-refractivity contribution < 1.29 is 43.7 Å². The van der Waals surface area contributed by atoms with E-state index in [9.17, 15) is 33.6 Å². The molecular formula is C27H48B4N4O9. The van der Waals surface area contributed by atoms with Crippen molar-refractivity contribution >= 4 is 46.0 Å². The van der Waals surface area contributed by atoms with Crippen molar-refractivity contribution in [2.24, 2.45) is 11.8 Å². The van der Waals surface area contributed by atoms with E-state index in [1.807, 2.05) is 11.0 Å². The van der Waals surface area contributed by atoms with E-state index in [4.69, 9.17) is 10.1 Å². The number of aliphatic hydroxyl groups is 1. The number of aliphatic carboxylic acids is 1. The number of β-amino-alcohol motifs (C(OH)–C–C–N with tert-alkyl or cyclic N) is 1. The second-order valence-corrected chi connectivity index (χ2v) is 11.9. The minimum absolute atomic E-state index is 0.0217. The number of ketones is 2. The first-order valence-electron chi connectivity index (χ1n) is 15.3. The van der Waals surface area contributed by atoms with E-state index >= 15 is 0 Å². The van der Waals surface area contributed by atoms with Crippen molar-refractivity contribution in [2.75, 3.05) is 45.5 Å². The number of aliphatic hydroxyl groups excluding tert-OH is 1. The Balaban J connectivity index is 0.000000337. The molecule has 242 valence electrons. The Morgan fingerprint density at radius 2 is 1.34 bits per heavy atom. The molecule has 0 saturated carbocycles. The van der Waals surface area contributed by atoms with Gasteiger partial charge in [-0.3, -0.25) is 0 Å². The van der Waals surface area contributed by atoms with Gasteiger partial charge in [0.2, 0.25) is 0 Å². The zero-order valence-corrected chi connectivity index (χ0v) is 26.4. The van der Waals surface area contributed by atoms with Crippen LogP contribution in [0.1, 0.15) is 52.4 Å². The van der Waals surface area contributed by atoms with Crippen molar-refractivity contribution in [2.45, 2.75) is 83.4 Å². The molecule has 3 aliphatic rings. The Morgan fingerprint density at radius 3 is 1.82 bits per heavy atom. The molecule has 0 aliphatic carbocycles. The first kappa shape index (κ1) is 40.0. The number of carboxylic acid groups (broad SMARTS) is 1. The van der Waals surface area contributed by atoms with Crippen molar-refractivity contribution in [3.8, 4) is 0 Å². The zero-order chi connectivity index (χ0) is 33.2. The monoisotopic (exact) mass is 616 g/mol. The summed E-state index contributed by atoms with van der Waals surface area (Å²) in [6.07, 6.45) is 6.91. The molecule has 0 aromatic rings.